The fraction of sp³-hybridized carbons (Fsp3) is 0.312. The summed E-state index contributed by atoms with van der Waals surface area (Å²) in [6, 6.07) is 10.1. The molecule has 0 atom stereocenters. The van der Waals surface area contributed by atoms with Crippen LogP contribution in [0.25, 0.3) is 10.4 Å². The van der Waals surface area contributed by atoms with E-state index in [0.717, 1.165) is 23.5 Å². The summed E-state index contributed by atoms with van der Waals surface area (Å²) in [6.07, 6.45) is 0. The number of nitrogens with zero attached hydrogens (tertiary/aromatic N) is 1. The summed E-state index contributed by atoms with van der Waals surface area (Å²) in [7, 11) is 0. The molecule has 0 aliphatic carbocycles. The lowest BCUT2D eigenvalue weighted by molar-refractivity contribution is -0.0498. The fourth-order valence-corrected chi connectivity index (χ4v) is 3.41. The molecule has 1 N–H and O–H groups in total. The smallest absolute Gasteiger partial charge is 0.387 e. The zero-order valence-electron chi connectivity index (χ0n) is 12.3. The first-order chi connectivity index (χ1) is 11.1. The van der Waals surface area contributed by atoms with E-state index in [1.54, 1.807) is 12.1 Å². The van der Waals surface area contributed by atoms with E-state index in [1.807, 2.05) is 17.0 Å². The van der Waals surface area contributed by atoms with E-state index in [1.165, 1.54) is 23.5 Å². The van der Waals surface area contributed by atoms with Crippen molar-refractivity contribution in [2.45, 2.75) is 6.61 Å². The molecule has 1 aliphatic heterocycles. The average Bonchev–Trinajstić information content (AvgIpc) is 3.05. The van der Waals surface area contributed by atoms with E-state index < -0.39 is 6.61 Å². The largest absolute Gasteiger partial charge is 0.435 e. The highest BCUT2D eigenvalue weighted by molar-refractivity contribution is 7.17. The maximum absolute atomic E-state index is 12.4. The lowest BCUT2D eigenvalue weighted by atomic mass is 10.2. The number of thiophene rings is 1. The Kier molecular flexibility index (Phi) is 4.88. The number of alkyl halides is 2. The Hall–Kier alpha value is -1.99. The monoisotopic (exact) mass is 338 g/mol. The predicted octanol–water partition coefficient (Wildman–Crippen LogP) is 3.06. The molecular weight excluding hydrogens is 322 g/mol. The Balaban J connectivity index is 1.72. The minimum absolute atomic E-state index is 0.0420. The summed E-state index contributed by atoms with van der Waals surface area (Å²) in [5.74, 6) is 0.165. The molecule has 122 valence electrons. The second kappa shape index (κ2) is 7.06. The minimum Gasteiger partial charge on any atom is -0.435 e. The first kappa shape index (κ1) is 15.9. The van der Waals surface area contributed by atoms with Gasteiger partial charge in [0.05, 0.1) is 4.88 Å². The highest BCUT2D eigenvalue weighted by atomic mass is 32.1. The van der Waals surface area contributed by atoms with Gasteiger partial charge in [0.1, 0.15) is 5.75 Å². The summed E-state index contributed by atoms with van der Waals surface area (Å²) in [4.78, 5) is 15.9. The molecule has 23 heavy (non-hydrogen) atoms. The van der Waals surface area contributed by atoms with Gasteiger partial charge in [-0.3, -0.25) is 4.79 Å². The second-order valence-electron chi connectivity index (χ2n) is 5.11. The highest BCUT2D eigenvalue weighted by Gasteiger charge is 2.19. The van der Waals surface area contributed by atoms with Crippen LogP contribution in [0.1, 0.15) is 9.67 Å². The molecule has 1 fully saturated rings. The first-order valence-electron chi connectivity index (χ1n) is 7.28. The van der Waals surface area contributed by atoms with Crippen molar-refractivity contribution in [3.8, 4) is 16.2 Å². The summed E-state index contributed by atoms with van der Waals surface area (Å²) in [5.41, 5.74) is 0.871. The van der Waals surface area contributed by atoms with E-state index in [2.05, 4.69) is 10.1 Å². The maximum Gasteiger partial charge on any atom is 0.387 e. The molecule has 3 rings (SSSR count). The number of nitrogens with one attached hydrogen (secondary N) is 1. The van der Waals surface area contributed by atoms with Crippen molar-refractivity contribution in [1.29, 1.82) is 0 Å². The van der Waals surface area contributed by atoms with E-state index >= 15 is 0 Å². The zero-order valence-corrected chi connectivity index (χ0v) is 13.1. The number of hydrogen-bond donors (Lipinski definition) is 1. The van der Waals surface area contributed by atoms with Gasteiger partial charge in [0.15, 0.2) is 0 Å². The molecule has 7 heteroatoms. The highest BCUT2D eigenvalue weighted by Crippen LogP contribution is 2.30. The van der Waals surface area contributed by atoms with Crippen LogP contribution in [0.5, 0.6) is 5.75 Å². The van der Waals surface area contributed by atoms with Gasteiger partial charge in [-0.25, -0.2) is 0 Å². The van der Waals surface area contributed by atoms with Crippen LogP contribution in [0.3, 0.4) is 0 Å². The van der Waals surface area contributed by atoms with Crippen LogP contribution in [0, 0.1) is 0 Å². The van der Waals surface area contributed by atoms with Gasteiger partial charge >= 0.3 is 6.61 Å². The Bertz CT molecular complexity index is 667. The lowest BCUT2D eigenvalue weighted by Gasteiger charge is -2.26. The van der Waals surface area contributed by atoms with E-state index in [4.69, 9.17) is 0 Å². The molecule has 0 saturated carbocycles. The SMILES string of the molecule is O=C(c1ccc(-c2ccc(OC(F)F)cc2)s1)N1CCNCC1. The quantitative estimate of drug-likeness (QED) is 0.932. The van der Waals surface area contributed by atoms with Gasteiger partial charge in [-0.1, -0.05) is 0 Å². The summed E-state index contributed by atoms with van der Waals surface area (Å²) >= 11 is 1.41. The molecule has 0 radical (unpaired) electrons. The Morgan fingerprint density at radius 3 is 2.48 bits per heavy atom. The number of piperazine rings is 1. The second-order valence-corrected chi connectivity index (χ2v) is 6.19. The van der Waals surface area contributed by atoms with Crippen LogP contribution in [-0.4, -0.2) is 43.6 Å². The molecule has 1 aliphatic rings. The molecule has 1 saturated heterocycles. The molecule has 4 nitrogen and oxygen atoms in total. The molecule has 2 heterocycles. The van der Waals surface area contributed by atoms with Crippen molar-refractivity contribution in [1.82, 2.24) is 10.2 Å². The van der Waals surface area contributed by atoms with Crippen molar-refractivity contribution >= 4 is 17.2 Å². The molecule has 1 aromatic heterocycles. The van der Waals surface area contributed by atoms with Crippen molar-refractivity contribution in [3.05, 3.63) is 41.3 Å². The standard InChI is InChI=1S/C16H16F2N2O2S/c17-16(18)22-12-3-1-11(2-4-12)13-5-6-14(23-13)15(21)20-9-7-19-8-10-20/h1-6,16,19H,7-10H2. The van der Waals surface area contributed by atoms with Gasteiger partial charge in [-0.05, 0) is 42.0 Å². The van der Waals surface area contributed by atoms with Gasteiger partial charge < -0.3 is 15.0 Å². The zero-order chi connectivity index (χ0) is 16.2. The Morgan fingerprint density at radius 1 is 1.13 bits per heavy atom. The van der Waals surface area contributed by atoms with Crippen molar-refractivity contribution < 1.29 is 18.3 Å². The summed E-state index contributed by atoms with van der Waals surface area (Å²) in [6.45, 7) is 0.230. The summed E-state index contributed by atoms with van der Waals surface area (Å²) < 4.78 is 28.6. The molecule has 0 unspecified atom stereocenters. The van der Waals surface area contributed by atoms with Crippen LogP contribution in [0.15, 0.2) is 36.4 Å². The summed E-state index contributed by atoms with van der Waals surface area (Å²) in [5, 5.41) is 3.22. The van der Waals surface area contributed by atoms with Gasteiger partial charge in [0.25, 0.3) is 5.91 Å². The van der Waals surface area contributed by atoms with E-state index in [9.17, 15) is 13.6 Å². The first-order valence-corrected chi connectivity index (χ1v) is 8.10. The Morgan fingerprint density at radius 2 is 1.83 bits per heavy atom. The van der Waals surface area contributed by atoms with E-state index in [-0.39, 0.29) is 11.7 Å². The van der Waals surface area contributed by atoms with Gasteiger partial charge in [-0.15, -0.1) is 11.3 Å². The number of rotatable bonds is 4. The van der Waals surface area contributed by atoms with Crippen LogP contribution in [0.2, 0.25) is 0 Å². The van der Waals surface area contributed by atoms with Crippen LogP contribution < -0.4 is 10.1 Å². The molecule has 1 amide bonds. The number of benzene rings is 1. The third-order valence-corrected chi connectivity index (χ3v) is 4.71. The van der Waals surface area contributed by atoms with Crippen LogP contribution in [0.4, 0.5) is 8.78 Å². The number of halogens is 2. The van der Waals surface area contributed by atoms with Gasteiger partial charge in [-0.2, -0.15) is 8.78 Å². The third-order valence-electron chi connectivity index (χ3n) is 3.58. The number of amides is 1. The molecule has 0 bridgehead atoms. The lowest BCUT2D eigenvalue weighted by Crippen LogP contribution is -2.46. The number of carbonyl (C=O) groups is 1. The van der Waals surface area contributed by atoms with Gasteiger partial charge in [0, 0.05) is 31.1 Å². The third kappa shape index (κ3) is 3.86. The molecule has 0 spiro atoms. The maximum atomic E-state index is 12.4. The van der Waals surface area contributed by atoms with Crippen molar-refractivity contribution in [3.63, 3.8) is 0 Å². The molecular formula is C16H16F2N2O2S. The number of carbonyl (C=O) groups excluding carboxylic acids is 1. The van der Waals surface area contributed by atoms with Gasteiger partial charge in [0.2, 0.25) is 0 Å². The van der Waals surface area contributed by atoms with E-state index in [0.29, 0.717) is 18.0 Å². The normalized spacial score (nSPS) is 15.0. The van der Waals surface area contributed by atoms with Crippen LogP contribution in [-0.2, 0) is 0 Å². The van der Waals surface area contributed by atoms with Crippen molar-refractivity contribution in [2.24, 2.45) is 0 Å². The number of hydrogen-bond acceptors (Lipinski definition) is 4. The molecule has 1 aromatic carbocycles. The minimum atomic E-state index is -2.83. The topological polar surface area (TPSA) is 41.6 Å². The Labute approximate surface area is 136 Å². The fourth-order valence-electron chi connectivity index (χ4n) is 2.43. The predicted molar refractivity (Wildman–Crippen MR) is 85.2 cm³/mol. The van der Waals surface area contributed by atoms with Crippen molar-refractivity contribution in [2.75, 3.05) is 26.2 Å². The van der Waals surface area contributed by atoms with Crippen LogP contribution >= 0.6 is 11.3 Å². The average molecular weight is 338 g/mol. The number of ether oxygens (including phenoxy) is 1. The molecule has 2 aromatic rings.